The summed E-state index contributed by atoms with van der Waals surface area (Å²) >= 11 is 0. The van der Waals surface area contributed by atoms with Crippen LogP contribution < -0.4 is 4.31 Å². The highest BCUT2D eigenvalue weighted by Crippen LogP contribution is 2.38. The van der Waals surface area contributed by atoms with Crippen molar-refractivity contribution in [2.24, 2.45) is 0 Å². The number of anilines is 1. The molecule has 1 N–H and O–H groups in total. The Morgan fingerprint density at radius 3 is 2.35 bits per heavy atom. The Labute approximate surface area is 137 Å². The van der Waals surface area contributed by atoms with Crippen LogP contribution in [0.1, 0.15) is 34.8 Å². The molecule has 0 aliphatic carbocycles. The molecule has 0 saturated carbocycles. The Bertz CT molecular complexity index is 835. The Morgan fingerprint density at radius 2 is 1.70 bits per heavy atom. The van der Waals surface area contributed by atoms with Crippen LogP contribution in [0.5, 0.6) is 0 Å². The summed E-state index contributed by atoms with van der Waals surface area (Å²) in [5.74, 6) is 0. The Balaban J connectivity index is 2.18. The average molecular weight is 331 g/mol. The fourth-order valence-electron chi connectivity index (χ4n) is 3.45. The Morgan fingerprint density at radius 1 is 1.09 bits per heavy atom. The van der Waals surface area contributed by atoms with Gasteiger partial charge in [0.05, 0.1) is 16.7 Å². The van der Waals surface area contributed by atoms with Crippen LogP contribution >= 0.6 is 0 Å². The highest BCUT2D eigenvalue weighted by atomic mass is 32.2. The Hall–Kier alpha value is -1.85. The molecule has 3 rings (SSSR count). The second-order valence-corrected chi connectivity index (χ2v) is 7.97. The number of hydrogen-bond donors (Lipinski definition) is 1. The van der Waals surface area contributed by atoms with Crippen molar-refractivity contribution in [3.63, 3.8) is 0 Å². The molecule has 0 aromatic heterocycles. The number of hydrogen-bond acceptors (Lipinski definition) is 3. The lowest BCUT2D eigenvalue weighted by atomic mass is 10.0. The van der Waals surface area contributed by atoms with Gasteiger partial charge in [-0.3, -0.25) is 4.31 Å². The second kappa shape index (κ2) is 5.65. The summed E-state index contributed by atoms with van der Waals surface area (Å²) in [6, 6.07) is 11.0. The molecule has 0 saturated heterocycles. The molecule has 0 spiro atoms. The van der Waals surface area contributed by atoms with E-state index in [1.54, 1.807) is 18.2 Å². The smallest absolute Gasteiger partial charge is 0.264 e. The fourth-order valence-corrected chi connectivity index (χ4v) is 5.37. The van der Waals surface area contributed by atoms with E-state index in [0.717, 1.165) is 16.7 Å². The number of nitrogens with zero attached hydrogens (tertiary/aromatic N) is 1. The summed E-state index contributed by atoms with van der Waals surface area (Å²) in [6.07, 6.45) is -0.210. The minimum Gasteiger partial charge on any atom is -0.388 e. The third-order valence-electron chi connectivity index (χ3n) is 4.32. The van der Waals surface area contributed by atoms with Gasteiger partial charge in [0.1, 0.15) is 0 Å². The zero-order valence-corrected chi connectivity index (χ0v) is 14.4. The molecule has 0 bridgehead atoms. The molecule has 0 fully saturated rings. The van der Waals surface area contributed by atoms with Crippen molar-refractivity contribution in [2.45, 2.75) is 38.2 Å². The first-order valence-electron chi connectivity index (χ1n) is 7.70. The third kappa shape index (κ3) is 2.64. The largest absolute Gasteiger partial charge is 0.388 e. The standard InChI is InChI=1S/C18H21NO3S/c1-12-10-13(2)18(14(3)11-12)23(21,22)19-9-8-17(20)15-6-4-5-7-16(15)19/h4-7,10-11,17,20H,8-9H2,1-3H3. The van der Waals surface area contributed by atoms with Crippen LogP contribution in [0.4, 0.5) is 5.69 Å². The maximum absolute atomic E-state index is 13.3. The molecule has 5 heteroatoms. The highest BCUT2D eigenvalue weighted by Gasteiger charge is 2.33. The summed E-state index contributed by atoms with van der Waals surface area (Å²) in [4.78, 5) is 0.370. The van der Waals surface area contributed by atoms with E-state index in [9.17, 15) is 13.5 Å². The van der Waals surface area contributed by atoms with Crippen LogP contribution in [0.25, 0.3) is 0 Å². The van der Waals surface area contributed by atoms with Gasteiger partial charge in [0.25, 0.3) is 10.0 Å². The summed E-state index contributed by atoms with van der Waals surface area (Å²) in [7, 11) is -3.65. The predicted octanol–water partition coefficient (Wildman–Crippen LogP) is 3.24. The van der Waals surface area contributed by atoms with Crippen molar-refractivity contribution >= 4 is 15.7 Å². The van der Waals surface area contributed by atoms with Crippen molar-refractivity contribution in [3.05, 3.63) is 58.7 Å². The summed E-state index contributed by atoms with van der Waals surface area (Å²) in [5.41, 5.74) is 3.81. The van der Waals surface area contributed by atoms with Crippen LogP contribution in [0.2, 0.25) is 0 Å². The molecule has 0 amide bonds. The first kappa shape index (κ1) is 16.0. The summed E-state index contributed by atoms with van der Waals surface area (Å²) in [6.45, 7) is 5.91. The van der Waals surface area contributed by atoms with Crippen LogP contribution in [0.3, 0.4) is 0 Å². The van der Waals surface area contributed by atoms with E-state index >= 15 is 0 Å². The Kier molecular flexibility index (Phi) is 3.94. The average Bonchev–Trinajstić information content (AvgIpc) is 2.46. The quantitative estimate of drug-likeness (QED) is 0.919. The molecule has 1 heterocycles. The molecule has 122 valence electrons. The number of aliphatic hydroxyl groups is 1. The van der Waals surface area contributed by atoms with Crippen LogP contribution in [-0.4, -0.2) is 20.1 Å². The molecule has 2 aromatic carbocycles. The zero-order chi connectivity index (χ0) is 16.8. The summed E-state index contributed by atoms with van der Waals surface area (Å²) in [5, 5.41) is 10.1. The number of sulfonamides is 1. The second-order valence-electron chi connectivity index (χ2n) is 6.17. The lowest BCUT2D eigenvalue weighted by Gasteiger charge is -2.33. The monoisotopic (exact) mass is 331 g/mol. The molecule has 1 aliphatic heterocycles. The van der Waals surface area contributed by atoms with E-state index < -0.39 is 16.1 Å². The van der Waals surface area contributed by atoms with E-state index in [-0.39, 0.29) is 6.54 Å². The minimum atomic E-state index is -3.65. The predicted molar refractivity (Wildman–Crippen MR) is 91.2 cm³/mol. The topological polar surface area (TPSA) is 57.6 Å². The van der Waals surface area contributed by atoms with Gasteiger partial charge in [-0.1, -0.05) is 35.9 Å². The maximum atomic E-state index is 13.3. The van der Waals surface area contributed by atoms with Crippen molar-refractivity contribution in [3.8, 4) is 0 Å². The van der Waals surface area contributed by atoms with Gasteiger partial charge in [0.2, 0.25) is 0 Å². The SMILES string of the molecule is Cc1cc(C)c(S(=O)(=O)N2CCC(O)c3ccccc32)c(C)c1. The molecule has 4 nitrogen and oxygen atoms in total. The van der Waals surface area contributed by atoms with Gasteiger partial charge in [-0.25, -0.2) is 8.42 Å². The number of rotatable bonds is 2. The van der Waals surface area contributed by atoms with E-state index in [0.29, 0.717) is 22.6 Å². The molecular formula is C18H21NO3S. The maximum Gasteiger partial charge on any atom is 0.264 e. The lowest BCUT2D eigenvalue weighted by Crippen LogP contribution is -2.37. The van der Waals surface area contributed by atoms with E-state index in [4.69, 9.17) is 0 Å². The molecule has 1 atom stereocenters. The molecule has 2 aromatic rings. The van der Waals surface area contributed by atoms with E-state index in [2.05, 4.69) is 0 Å². The first-order chi connectivity index (χ1) is 10.8. The number of fused-ring (bicyclic) bond motifs is 1. The molecular weight excluding hydrogens is 310 g/mol. The number of benzene rings is 2. The summed E-state index contributed by atoms with van der Waals surface area (Å²) < 4.78 is 27.9. The molecule has 23 heavy (non-hydrogen) atoms. The molecule has 1 aliphatic rings. The van der Waals surface area contributed by atoms with Crippen molar-refractivity contribution in [2.75, 3.05) is 10.8 Å². The van der Waals surface area contributed by atoms with Gasteiger partial charge < -0.3 is 5.11 Å². The van der Waals surface area contributed by atoms with Gasteiger partial charge in [-0.15, -0.1) is 0 Å². The molecule has 1 unspecified atom stereocenters. The van der Waals surface area contributed by atoms with Crippen LogP contribution in [0.15, 0.2) is 41.3 Å². The van der Waals surface area contributed by atoms with Gasteiger partial charge in [0, 0.05) is 12.1 Å². The van der Waals surface area contributed by atoms with Gasteiger partial charge in [-0.05, 0) is 44.4 Å². The highest BCUT2D eigenvalue weighted by molar-refractivity contribution is 7.93. The van der Waals surface area contributed by atoms with E-state index in [1.807, 2.05) is 39.0 Å². The minimum absolute atomic E-state index is 0.285. The van der Waals surface area contributed by atoms with Crippen molar-refractivity contribution in [1.82, 2.24) is 0 Å². The van der Waals surface area contributed by atoms with Gasteiger partial charge >= 0.3 is 0 Å². The number of para-hydroxylation sites is 1. The van der Waals surface area contributed by atoms with Crippen LogP contribution in [0, 0.1) is 20.8 Å². The number of aryl methyl sites for hydroxylation is 3. The van der Waals surface area contributed by atoms with Crippen molar-refractivity contribution < 1.29 is 13.5 Å². The number of aliphatic hydroxyl groups excluding tert-OH is 1. The van der Waals surface area contributed by atoms with Gasteiger partial charge in [-0.2, -0.15) is 0 Å². The van der Waals surface area contributed by atoms with Crippen LogP contribution in [-0.2, 0) is 10.0 Å². The third-order valence-corrected chi connectivity index (χ3v) is 6.44. The van der Waals surface area contributed by atoms with Gasteiger partial charge in [0.15, 0.2) is 0 Å². The fraction of sp³-hybridized carbons (Fsp3) is 0.333. The normalized spacial score (nSPS) is 17.9. The zero-order valence-electron chi connectivity index (χ0n) is 13.6. The van der Waals surface area contributed by atoms with Crippen molar-refractivity contribution in [1.29, 1.82) is 0 Å². The molecule has 0 radical (unpaired) electrons. The van der Waals surface area contributed by atoms with E-state index in [1.165, 1.54) is 4.31 Å². The lowest BCUT2D eigenvalue weighted by molar-refractivity contribution is 0.166. The first-order valence-corrected chi connectivity index (χ1v) is 9.14.